The zero-order chi connectivity index (χ0) is 14.2. The molecule has 19 heavy (non-hydrogen) atoms. The first-order valence-electron chi connectivity index (χ1n) is 4.94. The molecule has 0 aliphatic heterocycles. The summed E-state index contributed by atoms with van der Waals surface area (Å²) in [5.74, 6) is 0.340. The zero-order valence-electron chi connectivity index (χ0n) is 9.09. The molecule has 7 heteroatoms. The average molecular weight is 401 g/mol. The molecule has 0 N–H and O–H groups in total. The van der Waals surface area contributed by atoms with Crippen molar-refractivity contribution in [2.75, 3.05) is 0 Å². The van der Waals surface area contributed by atoms with Gasteiger partial charge in [-0.2, -0.15) is 13.2 Å². The van der Waals surface area contributed by atoms with E-state index < -0.39 is 11.7 Å². The van der Waals surface area contributed by atoms with Crippen molar-refractivity contribution < 1.29 is 22.4 Å². The lowest BCUT2D eigenvalue weighted by Crippen LogP contribution is -2.05. The summed E-state index contributed by atoms with van der Waals surface area (Å²) >= 11 is 7.62. The second kappa shape index (κ2) is 5.16. The van der Waals surface area contributed by atoms with E-state index in [-0.39, 0.29) is 16.5 Å². The van der Waals surface area contributed by atoms with Gasteiger partial charge >= 0.3 is 6.18 Å². The lowest BCUT2D eigenvalue weighted by atomic mass is 10.1. The third-order valence-electron chi connectivity index (χ3n) is 2.36. The van der Waals surface area contributed by atoms with E-state index in [9.17, 15) is 18.0 Å². The fourth-order valence-electron chi connectivity index (χ4n) is 1.52. The molecule has 0 bridgehead atoms. The van der Waals surface area contributed by atoms with Gasteiger partial charge in [-0.15, -0.1) is 0 Å². The summed E-state index contributed by atoms with van der Waals surface area (Å²) in [6.45, 7) is 0. The molecule has 0 saturated heterocycles. The monoisotopic (exact) mass is 400 g/mol. The molecular weight excluding hydrogens is 395 g/mol. The number of carbonyl (C=O) groups excluding carboxylic acids is 1. The number of hydrogen-bond acceptors (Lipinski definition) is 2. The summed E-state index contributed by atoms with van der Waals surface area (Å²) in [5.41, 5.74) is -0.490. The summed E-state index contributed by atoms with van der Waals surface area (Å²) < 4.78 is 43.3. The topological polar surface area (TPSA) is 30.2 Å². The summed E-state index contributed by atoms with van der Waals surface area (Å²) in [6.07, 6.45) is -3.95. The summed E-state index contributed by atoms with van der Waals surface area (Å²) in [7, 11) is 0. The Morgan fingerprint density at radius 2 is 1.95 bits per heavy atom. The molecule has 2 rings (SSSR count). The van der Waals surface area contributed by atoms with E-state index in [2.05, 4.69) is 0 Å². The van der Waals surface area contributed by atoms with Crippen LogP contribution in [0.3, 0.4) is 0 Å². The van der Waals surface area contributed by atoms with Crippen molar-refractivity contribution in [2.45, 2.75) is 6.18 Å². The van der Waals surface area contributed by atoms with Crippen LogP contribution in [0.1, 0.15) is 16.1 Å². The van der Waals surface area contributed by atoms with Gasteiger partial charge in [-0.3, -0.25) is 4.79 Å². The quantitative estimate of drug-likeness (QED) is 0.522. The van der Waals surface area contributed by atoms with Crippen molar-refractivity contribution in [1.82, 2.24) is 0 Å². The molecule has 0 saturated carbocycles. The molecule has 0 aliphatic rings. The van der Waals surface area contributed by atoms with Gasteiger partial charge in [0.2, 0.25) is 0 Å². The minimum atomic E-state index is -4.46. The van der Waals surface area contributed by atoms with E-state index in [0.29, 0.717) is 15.4 Å². The summed E-state index contributed by atoms with van der Waals surface area (Å²) in [4.78, 5) is 10.5. The van der Waals surface area contributed by atoms with Gasteiger partial charge < -0.3 is 4.42 Å². The molecular formula is C12H5ClF3IO2. The minimum absolute atomic E-state index is 0.0778. The van der Waals surface area contributed by atoms with Crippen molar-refractivity contribution in [3.63, 3.8) is 0 Å². The number of rotatable bonds is 2. The highest BCUT2D eigenvalue weighted by atomic mass is 127. The van der Waals surface area contributed by atoms with Crippen molar-refractivity contribution in [3.05, 3.63) is 44.2 Å². The lowest BCUT2D eigenvalue weighted by molar-refractivity contribution is -0.137. The van der Waals surface area contributed by atoms with Gasteiger partial charge in [-0.05, 0) is 46.9 Å². The molecule has 0 atom stereocenters. The maximum Gasteiger partial charge on any atom is 0.416 e. The van der Waals surface area contributed by atoms with Crippen LogP contribution in [-0.2, 0) is 6.18 Å². The fraction of sp³-hybridized carbons (Fsp3) is 0.0833. The molecule has 2 nitrogen and oxygen atoms in total. The van der Waals surface area contributed by atoms with Crippen LogP contribution in [0.4, 0.5) is 13.2 Å². The Kier molecular flexibility index (Phi) is 3.91. The molecule has 0 unspecified atom stereocenters. The first-order chi connectivity index (χ1) is 8.82. The number of halogens is 5. The number of aldehydes is 1. The molecule has 1 aromatic heterocycles. The summed E-state index contributed by atoms with van der Waals surface area (Å²) in [5, 5.41) is -0.0778. The van der Waals surface area contributed by atoms with Crippen molar-refractivity contribution in [3.8, 4) is 11.3 Å². The van der Waals surface area contributed by atoms with Crippen LogP contribution >= 0.6 is 34.2 Å². The van der Waals surface area contributed by atoms with Crippen molar-refractivity contribution in [2.24, 2.45) is 0 Å². The SMILES string of the molecule is O=Cc1ccc(-c2c(Cl)cc(C(F)(F)F)cc2I)o1. The van der Waals surface area contributed by atoms with Crippen LogP contribution in [0.5, 0.6) is 0 Å². The van der Waals surface area contributed by atoms with Crippen molar-refractivity contribution in [1.29, 1.82) is 0 Å². The first kappa shape index (κ1) is 14.4. The smallest absolute Gasteiger partial charge is 0.416 e. The molecule has 1 aromatic carbocycles. The Hall–Kier alpha value is -1.02. The van der Waals surface area contributed by atoms with E-state index in [1.807, 2.05) is 0 Å². The second-order valence-electron chi connectivity index (χ2n) is 3.63. The maximum absolute atomic E-state index is 12.6. The Balaban J connectivity index is 2.56. The number of benzene rings is 1. The molecule has 0 radical (unpaired) electrons. The Morgan fingerprint density at radius 1 is 1.26 bits per heavy atom. The van der Waals surface area contributed by atoms with Crippen LogP contribution in [0.25, 0.3) is 11.3 Å². The average Bonchev–Trinajstić information content (AvgIpc) is 2.75. The number of alkyl halides is 3. The van der Waals surface area contributed by atoms with Crippen molar-refractivity contribution >= 4 is 40.5 Å². The zero-order valence-corrected chi connectivity index (χ0v) is 12.0. The Morgan fingerprint density at radius 3 is 2.42 bits per heavy atom. The largest absolute Gasteiger partial charge is 0.453 e. The molecule has 0 fully saturated rings. The predicted molar refractivity (Wildman–Crippen MR) is 72.3 cm³/mol. The van der Waals surface area contributed by atoms with Crippen LogP contribution in [0.15, 0.2) is 28.7 Å². The van der Waals surface area contributed by atoms with Gasteiger partial charge in [-0.25, -0.2) is 0 Å². The standard InChI is InChI=1S/C12H5ClF3IO2/c13-8-3-6(12(14,15)16)4-9(17)11(8)10-2-1-7(5-18)19-10/h1-5H. The predicted octanol–water partition coefficient (Wildman–Crippen LogP) is 5.04. The third-order valence-corrected chi connectivity index (χ3v) is 3.51. The van der Waals surface area contributed by atoms with Crippen LogP contribution in [-0.4, -0.2) is 6.29 Å². The molecule has 1 heterocycles. The van der Waals surface area contributed by atoms with Gasteiger partial charge in [-0.1, -0.05) is 11.6 Å². The van der Waals surface area contributed by atoms with E-state index >= 15 is 0 Å². The third kappa shape index (κ3) is 2.94. The number of hydrogen-bond donors (Lipinski definition) is 0. The first-order valence-corrected chi connectivity index (χ1v) is 6.40. The number of furan rings is 1. The molecule has 2 aromatic rings. The van der Waals surface area contributed by atoms with E-state index in [0.717, 1.165) is 12.1 Å². The molecule has 0 aliphatic carbocycles. The van der Waals surface area contributed by atoms with Gasteiger partial charge in [0.1, 0.15) is 5.76 Å². The van der Waals surface area contributed by atoms with E-state index in [1.165, 1.54) is 12.1 Å². The van der Waals surface area contributed by atoms with E-state index in [1.54, 1.807) is 22.6 Å². The van der Waals surface area contributed by atoms with Gasteiger partial charge in [0, 0.05) is 9.13 Å². The van der Waals surface area contributed by atoms with Gasteiger partial charge in [0.05, 0.1) is 10.6 Å². The van der Waals surface area contributed by atoms with Crippen LogP contribution in [0, 0.1) is 3.57 Å². The minimum Gasteiger partial charge on any atom is -0.453 e. The molecule has 100 valence electrons. The Labute approximate surface area is 124 Å². The lowest BCUT2D eigenvalue weighted by Gasteiger charge is -2.11. The maximum atomic E-state index is 12.6. The summed E-state index contributed by atoms with van der Waals surface area (Å²) in [6, 6.07) is 4.72. The van der Waals surface area contributed by atoms with E-state index in [4.69, 9.17) is 16.0 Å². The number of carbonyl (C=O) groups is 1. The highest BCUT2D eigenvalue weighted by Crippen LogP contribution is 2.39. The van der Waals surface area contributed by atoms with Gasteiger partial charge in [0.15, 0.2) is 12.0 Å². The van der Waals surface area contributed by atoms with Crippen LogP contribution < -0.4 is 0 Å². The highest BCUT2D eigenvalue weighted by Gasteiger charge is 2.32. The second-order valence-corrected chi connectivity index (χ2v) is 5.20. The normalized spacial score (nSPS) is 11.6. The highest BCUT2D eigenvalue weighted by molar-refractivity contribution is 14.1. The van der Waals surface area contributed by atoms with Gasteiger partial charge in [0.25, 0.3) is 0 Å². The van der Waals surface area contributed by atoms with Crippen LogP contribution in [0.2, 0.25) is 5.02 Å². The molecule has 0 amide bonds. The molecule has 0 spiro atoms. The fourth-order valence-corrected chi connectivity index (χ4v) is 2.89. The Bertz CT molecular complexity index is 611.